The quantitative estimate of drug-likeness (QED) is 0.529. The van der Waals surface area contributed by atoms with Crippen molar-refractivity contribution in [2.45, 2.75) is 17.7 Å². The minimum atomic E-state index is -3.61. The molecule has 118 valence electrons. The lowest BCUT2D eigenvalue weighted by atomic mass is 10.1. The van der Waals surface area contributed by atoms with Crippen LogP contribution >= 0.6 is 0 Å². The molecule has 5 N–H and O–H groups in total. The summed E-state index contributed by atoms with van der Waals surface area (Å²) in [6.07, 6.45) is 1.79. The van der Waals surface area contributed by atoms with E-state index in [1.165, 1.54) is 5.56 Å². The third-order valence-electron chi connectivity index (χ3n) is 3.41. The van der Waals surface area contributed by atoms with Crippen molar-refractivity contribution in [1.82, 2.24) is 5.32 Å². The van der Waals surface area contributed by atoms with Gasteiger partial charge in [0.25, 0.3) is 0 Å². The zero-order valence-electron chi connectivity index (χ0n) is 12.3. The topological polar surface area (TPSA) is 98.2 Å². The standard InChI is InChI=1S/C16H21N3O2S/c17-15-5-1-13(2-6-15)9-11-19-12-10-14-3-7-16(8-4-14)22(18,20)21/h1-8,19H,9-12,17H2,(H2,18,20,21). The molecule has 0 aliphatic carbocycles. The summed E-state index contributed by atoms with van der Waals surface area (Å²) >= 11 is 0. The summed E-state index contributed by atoms with van der Waals surface area (Å²) in [4.78, 5) is 0.146. The van der Waals surface area contributed by atoms with E-state index >= 15 is 0 Å². The van der Waals surface area contributed by atoms with Gasteiger partial charge < -0.3 is 11.1 Å². The Morgan fingerprint density at radius 2 is 1.27 bits per heavy atom. The van der Waals surface area contributed by atoms with Crippen molar-refractivity contribution in [3.05, 3.63) is 59.7 Å². The van der Waals surface area contributed by atoms with Crippen LogP contribution in [0, 0.1) is 0 Å². The van der Waals surface area contributed by atoms with Crippen LogP contribution < -0.4 is 16.2 Å². The number of anilines is 1. The van der Waals surface area contributed by atoms with Gasteiger partial charge in [-0.3, -0.25) is 0 Å². The van der Waals surface area contributed by atoms with Crippen molar-refractivity contribution in [3.63, 3.8) is 0 Å². The van der Waals surface area contributed by atoms with Crippen LogP contribution in [-0.4, -0.2) is 21.5 Å². The lowest BCUT2D eigenvalue weighted by Crippen LogP contribution is -2.20. The van der Waals surface area contributed by atoms with Crippen LogP contribution in [0.1, 0.15) is 11.1 Å². The van der Waals surface area contributed by atoms with Crippen molar-refractivity contribution >= 4 is 15.7 Å². The molecule has 0 spiro atoms. The summed E-state index contributed by atoms with van der Waals surface area (Å²) in [6, 6.07) is 14.5. The Morgan fingerprint density at radius 1 is 0.818 bits per heavy atom. The minimum absolute atomic E-state index is 0.146. The Labute approximate surface area is 131 Å². The molecule has 0 heterocycles. The van der Waals surface area contributed by atoms with Gasteiger partial charge in [0.1, 0.15) is 0 Å². The largest absolute Gasteiger partial charge is 0.399 e. The van der Waals surface area contributed by atoms with Crippen molar-refractivity contribution in [3.8, 4) is 0 Å². The Bertz CT molecular complexity index is 695. The molecule has 0 saturated heterocycles. The number of hydrogen-bond donors (Lipinski definition) is 3. The van der Waals surface area contributed by atoms with Gasteiger partial charge in [-0.15, -0.1) is 0 Å². The summed E-state index contributed by atoms with van der Waals surface area (Å²) in [5.74, 6) is 0. The number of rotatable bonds is 7. The zero-order valence-corrected chi connectivity index (χ0v) is 13.1. The Morgan fingerprint density at radius 3 is 1.73 bits per heavy atom. The lowest BCUT2D eigenvalue weighted by Gasteiger charge is -2.06. The molecular weight excluding hydrogens is 298 g/mol. The first-order valence-corrected chi connectivity index (χ1v) is 8.67. The highest BCUT2D eigenvalue weighted by Gasteiger charge is 2.06. The average Bonchev–Trinajstić information content (AvgIpc) is 2.48. The highest BCUT2D eigenvalue weighted by Crippen LogP contribution is 2.09. The number of benzene rings is 2. The molecule has 0 aromatic heterocycles. The SMILES string of the molecule is Nc1ccc(CCNCCc2ccc(S(N)(=O)=O)cc2)cc1. The second-order valence-corrected chi connectivity index (χ2v) is 6.74. The Kier molecular flexibility index (Phi) is 5.54. The third kappa shape index (κ3) is 5.14. The molecule has 0 radical (unpaired) electrons. The summed E-state index contributed by atoms with van der Waals surface area (Å²) in [5.41, 5.74) is 8.75. The van der Waals surface area contributed by atoms with Crippen molar-refractivity contribution < 1.29 is 8.42 Å². The van der Waals surface area contributed by atoms with E-state index in [4.69, 9.17) is 10.9 Å². The van der Waals surface area contributed by atoms with E-state index in [-0.39, 0.29) is 4.90 Å². The van der Waals surface area contributed by atoms with E-state index in [2.05, 4.69) is 5.32 Å². The van der Waals surface area contributed by atoms with Crippen molar-refractivity contribution in [2.24, 2.45) is 5.14 Å². The number of hydrogen-bond acceptors (Lipinski definition) is 4. The second kappa shape index (κ2) is 7.40. The number of nitrogen functional groups attached to an aromatic ring is 1. The van der Waals surface area contributed by atoms with E-state index in [9.17, 15) is 8.42 Å². The molecule has 0 unspecified atom stereocenters. The van der Waals surface area contributed by atoms with Crippen molar-refractivity contribution in [1.29, 1.82) is 0 Å². The van der Waals surface area contributed by atoms with Gasteiger partial charge in [-0.25, -0.2) is 13.6 Å². The number of nitrogens with two attached hydrogens (primary N) is 2. The molecule has 6 heteroatoms. The van der Waals surface area contributed by atoms with Gasteiger partial charge in [-0.1, -0.05) is 24.3 Å². The molecular formula is C16H21N3O2S. The van der Waals surface area contributed by atoms with Crippen LogP contribution in [0.2, 0.25) is 0 Å². The van der Waals surface area contributed by atoms with Gasteiger partial charge in [0, 0.05) is 5.69 Å². The molecule has 22 heavy (non-hydrogen) atoms. The highest BCUT2D eigenvalue weighted by molar-refractivity contribution is 7.89. The fourth-order valence-electron chi connectivity index (χ4n) is 2.12. The molecule has 2 rings (SSSR count). The molecule has 0 bridgehead atoms. The maximum Gasteiger partial charge on any atom is 0.238 e. The normalized spacial score (nSPS) is 11.5. The first-order chi connectivity index (χ1) is 10.4. The molecule has 0 amide bonds. The molecule has 0 atom stereocenters. The molecule has 0 aliphatic heterocycles. The third-order valence-corrected chi connectivity index (χ3v) is 4.34. The molecule has 2 aromatic rings. The number of nitrogens with one attached hydrogen (secondary N) is 1. The fourth-order valence-corrected chi connectivity index (χ4v) is 2.64. The molecule has 2 aromatic carbocycles. The average molecular weight is 319 g/mol. The number of sulfonamides is 1. The molecule has 0 fully saturated rings. The minimum Gasteiger partial charge on any atom is -0.399 e. The lowest BCUT2D eigenvalue weighted by molar-refractivity contribution is 0.597. The number of primary sulfonamides is 1. The fraction of sp³-hybridized carbons (Fsp3) is 0.250. The molecule has 0 aliphatic rings. The molecule has 0 saturated carbocycles. The maximum atomic E-state index is 11.2. The predicted molar refractivity (Wildman–Crippen MR) is 88.9 cm³/mol. The van der Waals surface area contributed by atoms with Gasteiger partial charge in [0.05, 0.1) is 4.90 Å². The summed E-state index contributed by atoms with van der Waals surface area (Å²) in [5, 5.41) is 8.43. The highest BCUT2D eigenvalue weighted by atomic mass is 32.2. The van der Waals surface area contributed by atoms with Crippen LogP contribution in [0.25, 0.3) is 0 Å². The van der Waals surface area contributed by atoms with E-state index in [0.29, 0.717) is 0 Å². The van der Waals surface area contributed by atoms with Gasteiger partial charge in [-0.2, -0.15) is 0 Å². The monoisotopic (exact) mass is 319 g/mol. The van der Waals surface area contributed by atoms with Gasteiger partial charge >= 0.3 is 0 Å². The first kappa shape index (κ1) is 16.5. The Hall–Kier alpha value is -1.89. The molecule has 5 nitrogen and oxygen atoms in total. The maximum absolute atomic E-state index is 11.2. The Balaban J connectivity index is 1.71. The first-order valence-electron chi connectivity index (χ1n) is 7.12. The summed E-state index contributed by atoms with van der Waals surface area (Å²) < 4.78 is 22.3. The van der Waals surface area contributed by atoms with Crippen LogP contribution in [0.3, 0.4) is 0 Å². The van der Waals surface area contributed by atoms with Crippen LogP contribution in [0.15, 0.2) is 53.4 Å². The van der Waals surface area contributed by atoms with Crippen LogP contribution in [-0.2, 0) is 22.9 Å². The van der Waals surface area contributed by atoms with Gasteiger partial charge in [0.15, 0.2) is 0 Å². The summed E-state index contributed by atoms with van der Waals surface area (Å²) in [6.45, 7) is 1.73. The van der Waals surface area contributed by atoms with E-state index in [1.54, 1.807) is 24.3 Å². The van der Waals surface area contributed by atoms with Crippen LogP contribution in [0.5, 0.6) is 0 Å². The van der Waals surface area contributed by atoms with E-state index in [1.807, 2.05) is 24.3 Å². The van der Waals surface area contributed by atoms with Gasteiger partial charge in [0.2, 0.25) is 10.0 Å². The van der Waals surface area contributed by atoms with Crippen molar-refractivity contribution in [2.75, 3.05) is 18.8 Å². The van der Waals surface area contributed by atoms with Crippen LogP contribution in [0.4, 0.5) is 5.69 Å². The smallest absolute Gasteiger partial charge is 0.238 e. The summed E-state index contributed by atoms with van der Waals surface area (Å²) in [7, 11) is -3.61. The zero-order chi connectivity index (χ0) is 16.0. The van der Waals surface area contributed by atoms with E-state index < -0.39 is 10.0 Å². The predicted octanol–water partition coefficient (Wildman–Crippen LogP) is 1.29. The van der Waals surface area contributed by atoms with E-state index in [0.717, 1.165) is 37.2 Å². The second-order valence-electron chi connectivity index (χ2n) is 5.18. The van der Waals surface area contributed by atoms with Gasteiger partial charge in [-0.05, 0) is 61.3 Å².